The molecule has 0 radical (unpaired) electrons. The summed E-state index contributed by atoms with van der Waals surface area (Å²) >= 11 is 0. The Morgan fingerprint density at radius 3 is 2.91 bits per heavy atom. The molecular weight excluding hydrogens is 142 g/mol. The normalized spacial score (nSPS) is 10.4. The summed E-state index contributed by atoms with van der Waals surface area (Å²) in [4.78, 5) is 0. The smallest absolute Gasteiger partial charge is 0.162 e. The van der Waals surface area contributed by atoms with Gasteiger partial charge in [0.25, 0.3) is 0 Å². The maximum absolute atomic E-state index is 5.14. The van der Waals surface area contributed by atoms with Crippen molar-refractivity contribution < 1.29 is 9.26 Å². The van der Waals surface area contributed by atoms with Gasteiger partial charge >= 0.3 is 0 Å². The second kappa shape index (κ2) is 4.13. The molecule has 0 spiro atoms. The van der Waals surface area contributed by atoms with Crippen LogP contribution in [0.15, 0.2) is 10.6 Å². The molecule has 0 saturated carbocycles. The molecule has 0 aliphatic heterocycles. The van der Waals surface area contributed by atoms with Gasteiger partial charge in [-0.1, -0.05) is 12.1 Å². The Hall–Kier alpha value is -0.830. The molecule has 0 N–H and O–H groups in total. The molecule has 0 aromatic carbocycles. The number of aryl methyl sites for hydroxylation is 1. The lowest BCUT2D eigenvalue weighted by molar-refractivity contribution is 0.112. The highest BCUT2D eigenvalue weighted by molar-refractivity contribution is 5.03. The zero-order valence-electron chi connectivity index (χ0n) is 6.96. The summed E-state index contributed by atoms with van der Waals surface area (Å²) in [6, 6.07) is 1.93. The monoisotopic (exact) mass is 155 g/mol. The van der Waals surface area contributed by atoms with E-state index in [-0.39, 0.29) is 0 Å². The third-order valence-corrected chi connectivity index (χ3v) is 1.42. The Balaban J connectivity index is 2.44. The van der Waals surface area contributed by atoms with Gasteiger partial charge in [0.2, 0.25) is 0 Å². The summed E-state index contributed by atoms with van der Waals surface area (Å²) in [6.45, 7) is 5.24. The maximum atomic E-state index is 5.14. The Bertz CT molecular complexity index is 208. The van der Waals surface area contributed by atoms with Crippen molar-refractivity contribution in [3.05, 3.63) is 17.5 Å². The van der Waals surface area contributed by atoms with Gasteiger partial charge < -0.3 is 9.26 Å². The summed E-state index contributed by atoms with van der Waals surface area (Å²) in [5, 5.41) is 3.83. The first-order valence-electron chi connectivity index (χ1n) is 3.89. The lowest BCUT2D eigenvalue weighted by Gasteiger charge is -1.92. The van der Waals surface area contributed by atoms with Crippen LogP contribution in [0.1, 0.15) is 25.3 Å². The van der Waals surface area contributed by atoms with Crippen molar-refractivity contribution in [3.8, 4) is 0 Å². The van der Waals surface area contributed by atoms with E-state index in [9.17, 15) is 0 Å². The van der Waals surface area contributed by atoms with Gasteiger partial charge in [-0.3, -0.25) is 0 Å². The van der Waals surface area contributed by atoms with Gasteiger partial charge in [-0.05, 0) is 13.3 Å². The highest BCUT2D eigenvalue weighted by Crippen LogP contribution is 2.04. The summed E-state index contributed by atoms with van der Waals surface area (Å²) in [6.07, 6.45) is 0.912. The van der Waals surface area contributed by atoms with E-state index in [0.29, 0.717) is 13.2 Å². The van der Waals surface area contributed by atoms with E-state index in [0.717, 1.165) is 17.9 Å². The molecule has 3 heteroatoms. The zero-order chi connectivity index (χ0) is 8.10. The number of ether oxygens (including phenoxy) is 1. The van der Waals surface area contributed by atoms with Crippen LogP contribution in [0.5, 0.6) is 0 Å². The van der Waals surface area contributed by atoms with Gasteiger partial charge in [0.05, 0.1) is 5.69 Å². The van der Waals surface area contributed by atoms with Crippen LogP contribution < -0.4 is 0 Å². The average molecular weight is 155 g/mol. The lowest BCUT2D eigenvalue weighted by Crippen LogP contribution is -1.88. The van der Waals surface area contributed by atoms with Gasteiger partial charge in [-0.25, -0.2) is 0 Å². The van der Waals surface area contributed by atoms with Crippen molar-refractivity contribution in [1.82, 2.24) is 5.16 Å². The van der Waals surface area contributed by atoms with Gasteiger partial charge in [-0.2, -0.15) is 0 Å². The summed E-state index contributed by atoms with van der Waals surface area (Å²) in [7, 11) is 0. The molecule has 11 heavy (non-hydrogen) atoms. The van der Waals surface area contributed by atoms with E-state index in [2.05, 4.69) is 5.16 Å². The first-order valence-corrected chi connectivity index (χ1v) is 3.89. The van der Waals surface area contributed by atoms with Crippen LogP contribution in [0.4, 0.5) is 0 Å². The second-order valence-corrected chi connectivity index (χ2v) is 2.28. The fourth-order valence-corrected chi connectivity index (χ4v) is 0.793. The predicted octanol–water partition coefficient (Wildman–Crippen LogP) is 1.77. The van der Waals surface area contributed by atoms with Gasteiger partial charge in [-0.15, -0.1) is 0 Å². The van der Waals surface area contributed by atoms with Crippen molar-refractivity contribution in [2.75, 3.05) is 6.61 Å². The van der Waals surface area contributed by atoms with Crippen molar-refractivity contribution in [2.45, 2.75) is 26.9 Å². The minimum atomic E-state index is 0.531. The molecule has 0 aliphatic rings. The van der Waals surface area contributed by atoms with Crippen LogP contribution in [-0.4, -0.2) is 11.8 Å². The largest absolute Gasteiger partial charge is 0.374 e. The molecule has 1 aromatic heterocycles. The minimum Gasteiger partial charge on any atom is -0.374 e. The third kappa shape index (κ3) is 2.35. The Labute approximate surface area is 66.3 Å². The van der Waals surface area contributed by atoms with E-state index >= 15 is 0 Å². The Morgan fingerprint density at radius 1 is 1.55 bits per heavy atom. The highest BCUT2D eigenvalue weighted by Gasteiger charge is 2.00. The first-order chi connectivity index (χ1) is 5.36. The predicted molar refractivity (Wildman–Crippen MR) is 41.2 cm³/mol. The van der Waals surface area contributed by atoms with E-state index in [1.807, 2.05) is 19.9 Å². The average Bonchev–Trinajstić information content (AvgIpc) is 2.48. The van der Waals surface area contributed by atoms with Crippen LogP contribution >= 0.6 is 0 Å². The van der Waals surface area contributed by atoms with Gasteiger partial charge in [0, 0.05) is 12.7 Å². The molecular formula is C8H13NO2. The zero-order valence-corrected chi connectivity index (χ0v) is 6.96. The van der Waals surface area contributed by atoms with Crippen LogP contribution in [-0.2, 0) is 17.8 Å². The Morgan fingerprint density at radius 2 is 2.36 bits per heavy atom. The molecule has 3 nitrogen and oxygen atoms in total. The van der Waals surface area contributed by atoms with E-state index in [4.69, 9.17) is 9.26 Å². The quantitative estimate of drug-likeness (QED) is 0.664. The van der Waals surface area contributed by atoms with Gasteiger partial charge in [0.1, 0.15) is 6.61 Å². The van der Waals surface area contributed by atoms with Crippen LogP contribution in [0, 0.1) is 0 Å². The number of aromatic nitrogens is 1. The second-order valence-electron chi connectivity index (χ2n) is 2.28. The molecule has 0 atom stereocenters. The standard InChI is InChI=1S/C8H13NO2/c1-3-7-5-8(11-9-7)6-10-4-2/h5H,3-4,6H2,1-2H3. The fourth-order valence-electron chi connectivity index (χ4n) is 0.793. The molecule has 0 fully saturated rings. The van der Waals surface area contributed by atoms with E-state index in [1.54, 1.807) is 0 Å². The van der Waals surface area contributed by atoms with Crippen LogP contribution in [0.2, 0.25) is 0 Å². The molecule has 0 aliphatic carbocycles. The van der Waals surface area contributed by atoms with Crippen molar-refractivity contribution >= 4 is 0 Å². The first kappa shape index (κ1) is 8.27. The van der Waals surface area contributed by atoms with Crippen molar-refractivity contribution in [3.63, 3.8) is 0 Å². The topological polar surface area (TPSA) is 35.3 Å². The SMILES string of the molecule is CCOCc1cc(CC)no1. The van der Waals surface area contributed by atoms with E-state index < -0.39 is 0 Å². The van der Waals surface area contributed by atoms with Crippen LogP contribution in [0.25, 0.3) is 0 Å². The molecule has 0 bridgehead atoms. The number of nitrogens with zero attached hydrogens (tertiary/aromatic N) is 1. The number of rotatable bonds is 4. The third-order valence-electron chi connectivity index (χ3n) is 1.42. The van der Waals surface area contributed by atoms with Gasteiger partial charge in [0.15, 0.2) is 5.76 Å². The Kier molecular flexibility index (Phi) is 3.11. The molecule has 1 aromatic rings. The summed E-state index contributed by atoms with van der Waals surface area (Å²) < 4.78 is 10.1. The molecule has 0 saturated heterocycles. The summed E-state index contributed by atoms with van der Waals surface area (Å²) in [5.41, 5.74) is 0.986. The molecule has 1 heterocycles. The van der Waals surface area contributed by atoms with Crippen molar-refractivity contribution in [1.29, 1.82) is 0 Å². The highest BCUT2D eigenvalue weighted by atomic mass is 16.5. The molecule has 1 rings (SSSR count). The lowest BCUT2D eigenvalue weighted by atomic mass is 10.3. The molecule has 0 amide bonds. The number of hydrogen-bond donors (Lipinski definition) is 0. The van der Waals surface area contributed by atoms with Crippen molar-refractivity contribution in [2.24, 2.45) is 0 Å². The molecule has 62 valence electrons. The van der Waals surface area contributed by atoms with E-state index in [1.165, 1.54) is 0 Å². The molecule has 0 unspecified atom stereocenters. The maximum Gasteiger partial charge on any atom is 0.162 e. The van der Waals surface area contributed by atoms with Crippen LogP contribution in [0.3, 0.4) is 0 Å². The number of hydrogen-bond acceptors (Lipinski definition) is 3. The fraction of sp³-hybridized carbons (Fsp3) is 0.625. The summed E-state index contributed by atoms with van der Waals surface area (Å²) in [5.74, 6) is 0.809. The minimum absolute atomic E-state index is 0.531.